The van der Waals surface area contributed by atoms with Crippen LogP contribution in [0.5, 0.6) is 0 Å². The highest BCUT2D eigenvalue weighted by Crippen LogP contribution is 2.31. The Morgan fingerprint density at radius 3 is 2.60 bits per heavy atom. The Morgan fingerprint density at radius 1 is 1.00 bits per heavy atom. The van der Waals surface area contributed by atoms with Crippen molar-refractivity contribution in [1.29, 1.82) is 0 Å². The normalized spacial score (nSPS) is 16.2. The van der Waals surface area contributed by atoms with Crippen LogP contribution in [-0.4, -0.2) is 23.2 Å². The summed E-state index contributed by atoms with van der Waals surface area (Å²) in [6, 6.07) is 16.3. The fourth-order valence-electron chi connectivity index (χ4n) is 3.80. The van der Waals surface area contributed by atoms with Gasteiger partial charge in [0.05, 0.1) is 5.69 Å². The molecule has 1 aromatic heterocycles. The molecule has 2 heterocycles. The summed E-state index contributed by atoms with van der Waals surface area (Å²) in [5, 5.41) is 13.2. The Morgan fingerprint density at radius 2 is 1.76 bits per heavy atom. The zero-order valence-electron chi connectivity index (χ0n) is 14.7. The smallest absolute Gasteiger partial charge is 0.122 e. The number of nitrogens with zero attached hydrogens (tertiary/aromatic N) is 2. The van der Waals surface area contributed by atoms with Crippen LogP contribution in [0.25, 0.3) is 10.8 Å². The number of aliphatic hydroxyl groups is 1. The molecule has 0 radical (unpaired) electrons. The number of hydrogen-bond donors (Lipinski definition) is 1. The van der Waals surface area contributed by atoms with Gasteiger partial charge in [-0.3, -0.25) is 4.98 Å². The summed E-state index contributed by atoms with van der Waals surface area (Å²) in [4.78, 5) is 6.97. The first kappa shape index (κ1) is 16.1. The van der Waals surface area contributed by atoms with E-state index in [1.807, 2.05) is 30.5 Å². The number of aliphatic hydroxyl groups excluding tert-OH is 1. The highest BCUT2D eigenvalue weighted by atomic mass is 16.3. The summed E-state index contributed by atoms with van der Waals surface area (Å²) in [6.07, 6.45) is 4.97. The van der Waals surface area contributed by atoms with Gasteiger partial charge in [0.2, 0.25) is 0 Å². The third-order valence-corrected chi connectivity index (χ3v) is 5.19. The molecule has 0 bridgehead atoms. The van der Waals surface area contributed by atoms with Crippen LogP contribution in [0.15, 0.2) is 54.7 Å². The molecule has 0 spiro atoms. The van der Waals surface area contributed by atoms with Gasteiger partial charge in [-0.15, -0.1) is 0 Å². The van der Waals surface area contributed by atoms with E-state index in [1.165, 1.54) is 30.5 Å². The van der Waals surface area contributed by atoms with Crippen molar-refractivity contribution in [3.63, 3.8) is 0 Å². The van der Waals surface area contributed by atoms with Crippen LogP contribution in [-0.2, 0) is 0 Å². The van der Waals surface area contributed by atoms with Gasteiger partial charge in [-0.25, -0.2) is 0 Å². The fraction of sp³-hybridized carbons (Fsp3) is 0.318. The first-order valence-electron chi connectivity index (χ1n) is 9.11. The van der Waals surface area contributed by atoms with E-state index in [2.05, 4.69) is 41.1 Å². The molecule has 2 aromatic carbocycles. The van der Waals surface area contributed by atoms with Crippen molar-refractivity contribution in [3.05, 3.63) is 71.5 Å². The van der Waals surface area contributed by atoms with E-state index in [0.29, 0.717) is 0 Å². The molecule has 0 saturated carbocycles. The summed E-state index contributed by atoms with van der Waals surface area (Å²) in [7, 11) is 0. The van der Waals surface area contributed by atoms with Gasteiger partial charge in [-0.05, 0) is 54.2 Å². The molecule has 3 heteroatoms. The van der Waals surface area contributed by atoms with Crippen molar-refractivity contribution < 1.29 is 5.11 Å². The van der Waals surface area contributed by atoms with Gasteiger partial charge in [0.25, 0.3) is 0 Å². The van der Waals surface area contributed by atoms with Crippen molar-refractivity contribution in [2.75, 3.05) is 18.0 Å². The molecule has 25 heavy (non-hydrogen) atoms. The van der Waals surface area contributed by atoms with Gasteiger partial charge in [-0.2, -0.15) is 0 Å². The fourth-order valence-corrected chi connectivity index (χ4v) is 3.80. The molecule has 3 aromatic rings. The van der Waals surface area contributed by atoms with E-state index < -0.39 is 6.10 Å². The van der Waals surface area contributed by atoms with Crippen molar-refractivity contribution in [2.24, 2.45) is 0 Å². The number of hydrogen-bond acceptors (Lipinski definition) is 3. The molecule has 0 aliphatic carbocycles. The Hall–Kier alpha value is -2.39. The van der Waals surface area contributed by atoms with Gasteiger partial charge < -0.3 is 10.0 Å². The Bertz CT molecular complexity index is 879. The SMILES string of the molecule is Cc1cnc(C(O)c2cccc3ccccc23)cc1N1CCCCC1. The van der Waals surface area contributed by atoms with Crippen LogP contribution in [0, 0.1) is 6.92 Å². The first-order chi connectivity index (χ1) is 12.2. The number of anilines is 1. The maximum atomic E-state index is 11.0. The minimum absolute atomic E-state index is 0.713. The zero-order chi connectivity index (χ0) is 17.2. The molecule has 1 unspecified atom stereocenters. The lowest BCUT2D eigenvalue weighted by Crippen LogP contribution is -2.30. The van der Waals surface area contributed by atoms with Crippen LogP contribution in [0.1, 0.15) is 42.2 Å². The molecule has 1 atom stereocenters. The quantitative estimate of drug-likeness (QED) is 0.760. The van der Waals surface area contributed by atoms with E-state index in [-0.39, 0.29) is 0 Å². The number of fused-ring (bicyclic) bond motifs is 1. The van der Waals surface area contributed by atoms with Crippen LogP contribution in [0.2, 0.25) is 0 Å². The molecule has 1 N–H and O–H groups in total. The third-order valence-electron chi connectivity index (χ3n) is 5.19. The second-order valence-electron chi connectivity index (χ2n) is 6.91. The van der Waals surface area contributed by atoms with Gasteiger partial charge in [0.15, 0.2) is 0 Å². The first-order valence-corrected chi connectivity index (χ1v) is 9.11. The monoisotopic (exact) mass is 332 g/mol. The van der Waals surface area contributed by atoms with E-state index >= 15 is 0 Å². The molecule has 0 amide bonds. The van der Waals surface area contributed by atoms with Crippen LogP contribution in [0.3, 0.4) is 0 Å². The highest BCUT2D eigenvalue weighted by molar-refractivity contribution is 5.86. The zero-order valence-corrected chi connectivity index (χ0v) is 14.7. The number of aromatic nitrogens is 1. The lowest BCUT2D eigenvalue weighted by molar-refractivity contribution is 0.217. The second kappa shape index (κ2) is 6.85. The second-order valence-corrected chi connectivity index (χ2v) is 6.91. The Kier molecular flexibility index (Phi) is 4.41. The average Bonchev–Trinajstić information content (AvgIpc) is 2.68. The van der Waals surface area contributed by atoms with Crippen molar-refractivity contribution in [2.45, 2.75) is 32.3 Å². The molecule has 1 aliphatic heterocycles. The number of rotatable bonds is 3. The summed E-state index contributed by atoms with van der Waals surface area (Å²) >= 11 is 0. The summed E-state index contributed by atoms with van der Waals surface area (Å²) in [5.41, 5.74) is 4.03. The molecule has 1 fully saturated rings. The minimum atomic E-state index is -0.713. The van der Waals surface area contributed by atoms with Crippen molar-refractivity contribution >= 4 is 16.5 Å². The predicted molar refractivity (Wildman–Crippen MR) is 103 cm³/mol. The van der Waals surface area contributed by atoms with Gasteiger partial charge in [-0.1, -0.05) is 42.5 Å². The number of aryl methyl sites for hydroxylation is 1. The standard InChI is InChI=1S/C22H24N2O/c1-16-15-23-20(14-21(16)24-12-5-2-6-13-24)22(25)19-11-7-9-17-8-3-4-10-18(17)19/h3-4,7-11,14-15,22,25H,2,5-6,12-13H2,1H3. The van der Waals surface area contributed by atoms with Crippen LogP contribution < -0.4 is 4.90 Å². The van der Waals surface area contributed by atoms with Crippen LogP contribution in [0.4, 0.5) is 5.69 Å². The van der Waals surface area contributed by atoms with Gasteiger partial charge in [0.1, 0.15) is 6.10 Å². The van der Waals surface area contributed by atoms with E-state index in [0.717, 1.165) is 35.1 Å². The maximum Gasteiger partial charge on any atom is 0.122 e. The van der Waals surface area contributed by atoms with Crippen LogP contribution >= 0.6 is 0 Å². The van der Waals surface area contributed by atoms with Gasteiger partial charge in [0, 0.05) is 25.0 Å². The molecule has 128 valence electrons. The van der Waals surface area contributed by atoms with E-state index in [4.69, 9.17) is 0 Å². The lowest BCUT2D eigenvalue weighted by Gasteiger charge is -2.30. The predicted octanol–water partition coefficient (Wildman–Crippen LogP) is 4.62. The minimum Gasteiger partial charge on any atom is -0.382 e. The number of pyridine rings is 1. The van der Waals surface area contributed by atoms with Crippen molar-refractivity contribution in [1.82, 2.24) is 4.98 Å². The average molecular weight is 332 g/mol. The molecule has 4 rings (SSSR count). The van der Waals surface area contributed by atoms with E-state index in [1.54, 1.807) is 0 Å². The van der Waals surface area contributed by atoms with Gasteiger partial charge >= 0.3 is 0 Å². The summed E-state index contributed by atoms with van der Waals surface area (Å²) in [5.74, 6) is 0. The molecular formula is C22H24N2O. The molecule has 1 aliphatic rings. The molecular weight excluding hydrogens is 308 g/mol. The highest BCUT2D eigenvalue weighted by Gasteiger charge is 2.19. The Labute approximate surface area is 148 Å². The lowest BCUT2D eigenvalue weighted by atomic mass is 9.97. The Balaban J connectivity index is 1.73. The number of benzene rings is 2. The van der Waals surface area contributed by atoms with E-state index in [9.17, 15) is 5.11 Å². The summed E-state index contributed by atoms with van der Waals surface area (Å²) < 4.78 is 0. The molecule has 3 nitrogen and oxygen atoms in total. The third kappa shape index (κ3) is 3.12. The maximum absolute atomic E-state index is 11.0. The molecule has 1 saturated heterocycles. The largest absolute Gasteiger partial charge is 0.382 e. The number of piperidine rings is 1. The topological polar surface area (TPSA) is 36.4 Å². The van der Waals surface area contributed by atoms with Crippen molar-refractivity contribution in [3.8, 4) is 0 Å². The summed E-state index contributed by atoms with van der Waals surface area (Å²) in [6.45, 7) is 4.29.